The average molecular weight is 321 g/mol. The molecule has 98 valence electrons. The number of hydrogen-bond acceptors (Lipinski definition) is 4. The van der Waals surface area contributed by atoms with E-state index in [0.717, 1.165) is 10.2 Å². The lowest BCUT2D eigenvalue weighted by Gasteiger charge is -2.07. The molecule has 19 heavy (non-hydrogen) atoms. The molecule has 0 unspecified atom stereocenters. The van der Waals surface area contributed by atoms with Gasteiger partial charge in [0.2, 0.25) is 5.91 Å². The van der Waals surface area contributed by atoms with Crippen LogP contribution in [0.2, 0.25) is 0 Å². The van der Waals surface area contributed by atoms with Gasteiger partial charge in [-0.3, -0.25) is 4.79 Å². The molecule has 0 saturated heterocycles. The number of anilines is 3. The second kappa shape index (κ2) is 6.29. The van der Waals surface area contributed by atoms with Crippen LogP contribution in [0.25, 0.3) is 0 Å². The summed E-state index contributed by atoms with van der Waals surface area (Å²) in [5, 5.41) is 13.7. The monoisotopic (exact) mass is 320 g/mol. The molecule has 0 bridgehead atoms. The number of para-hydroxylation sites is 1. The average Bonchev–Trinajstić information content (AvgIpc) is 2.43. The van der Waals surface area contributed by atoms with E-state index in [4.69, 9.17) is 0 Å². The number of rotatable bonds is 4. The number of nitrogens with one attached hydrogen (secondary N) is 2. The molecule has 2 rings (SSSR count). The highest BCUT2D eigenvalue weighted by Crippen LogP contribution is 2.24. The highest BCUT2D eigenvalue weighted by atomic mass is 79.9. The Morgan fingerprint density at radius 2 is 1.84 bits per heavy atom. The normalized spacial score (nSPS) is 10.0. The minimum absolute atomic E-state index is 0.0826. The summed E-state index contributed by atoms with van der Waals surface area (Å²) in [6.07, 6.45) is 0.415. The van der Waals surface area contributed by atoms with Crippen LogP contribution in [0.3, 0.4) is 0 Å². The van der Waals surface area contributed by atoms with Crippen molar-refractivity contribution in [3.8, 4) is 0 Å². The third-order valence-corrected chi connectivity index (χ3v) is 3.08. The lowest BCUT2D eigenvalue weighted by molar-refractivity contribution is -0.115. The zero-order valence-electron chi connectivity index (χ0n) is 10.4. The maximum atomic E-state index is 11.2. The fraction of sp³-hybridized carbons (Fsp3) is 0.154. The summed E-state index contributed by atoms with van der Waals surface area (Å²) < 4.78 is 0.945. The summed E-state index contributed by atoms with van der Waals surface area (Å²) in [4.78, 5) is 11.2. The third-order valence-electron chi connectivity index (χ3n) is 2.39. The molecule has 1 aromatic heterocycles. The van der Waals surface area contributed by atoms with E-state index in [0.29, 0.717) is 18.1 Å². The van der Waals surface area contributed by atoms with E-state index in [9.17, 15) is 4.79 Å². The maximum Gasteiger partial charge on any atom is 0.225 e. The molecular formula is C13H13BrN4O. The first kappa shape index (κ1) is 13.5. The molecule has 0 aliphatic rings. The Labute approximate surface area is 119 Å². The summed E-state index contributed by atoms with van der Waals surface area (Å²) in [6, 6.07) is 11.2. The number of benzene rings is 1. The van der Waals surface area contributed by atoms with Gasteiger partial charge >= 0.3 is 0 Å². The largest absolute Gasteiger partial charge is 0.338 e. The molecule has 0 saturated carbocycles. The summed E-state index contributed by atoms with van der Waals surface area (Å²) in [5.41, 5.74) is 0.905. The molecule has 1 amide bonds. The molecular weight excluding hydrogens is 308 g/mol. The first-order valence-electron chi connectivity index (χ1n) is 5.84. The zero-order valence-corrected chi connectivity index (χ0v) is 11.9. The van der Waals surface area contributed by atoms with Gasteiger partial charge in [-0.2, -0.15) is 0 Å². The molecule has 2 aromatic rings. The SMILES string of the molecule is CCC(=O)Nc1ccc(Nc2ccccc2Br)nn1. The van der Waals surface area contributed by atoms with Gasteiger partial charge in [0.05, 0.1) is 5.69 Å². The van der Waals surface area contributed by atoms with Gasteiger partial charge in [0.15, 0.2) is 11.6 Å². The fourth-order valence-corrected chi connectivity index (χ4v) is 1.78. The second-order valence-corrected chi connectivity index (χ2v) is 4.66. The van der Waals surface area contributed by atoms with E-state index in [2.05, 4.69) is 36.8 Å². The maximum absolute atomic E-state index is 11.2. The van der Waals surface area contributed by atoms with Gasteiger partial charge in [-0.25, -0.2) is 0 Å². The Morgan fingerprint density at radius 3 is 2.47 bits per heavy atom. The number of halogens is 1. The van der Waals surface area contributed by atoms with Crippen molar-refractivity contribution in [1.29, 1.82) is 0 Å². The van der Waals surface area contributed by atoms with Crippen LogP contribution in [-0.4, -0.2) is 16.1 Å². The standard InChI is InChI=1S/C13H13BrN4O/c1-2-13(19)16-12-8-7-11(17-18-12)15-10-6-4-3-5-9(10)14/h3-8H,2H2,1H3,(H,15,17)(H,16,18,19). The van der Waals surface area contributed by atoms with E-state index in [1.165, 1.54) is 0 Å². The molecule has 0 spiro atoms. The Morgan fingerprint density at radius 1 is 1.16 bits per heavy atom. The molecule has 2 N–H and O–H groups in total. The molecule has 6 heteroatoms. The van der Waals surface area contributed by atoms with Gasteiger partial charge in [0, 0.05) is 10.9 Å². The number of aromatic nitrogens is 2. The molecule has 0 fully saturated rings. The van der Waals surface area contributed by atoms with E-state index in [1.54, 1.807) is 19.1 Å². The minimum atomic E-state index is -0.0826. The van der Waals surface area contributed by atoms with Crippen LogP contribution in [0.5, 0.6) is 0 Å². The summed E-state index contributed by atoms with van der Waals surface area (Å²) in [6.45, 7) is 1.78. The van der Waals surface area contributed by atoms with Gasteiger partial charge in [-0.05, 0) is 40.2 Å². The zero-order chi connectivity index (χ0) is 13.7. The van der Waals surface area contributed by atoms with Crippen molar-refractivity contribution < 1.29 is 4.79 Å². The van der Waals surface area contributed by atoms with Gasteiger partial charge in [-0.1, -0.05) is 19.1 Å². The number of amides is 1. The second-order valence-electron chi connectivity index (χ2n) is 3.81. The molecule has 1 heterocycles. The topological polar surface area (TPSA) is 66.9 Å². The Bertz CT molecular complexity index is 571. The van der Waals surface area contributed by atoms with Crippen LogP contribution >= 0.6 is 15.9 Å². The number of hydrogen-bond donors (Lipinski definition) is 2. The van der Waals surface area contributed by atoms with E-state index >= 15 is 0 Å². The first-order valence-corrected chi connectivity index (χ1v) is 6.63. The highest BCUT2D eigenvalue weighted by Gasteiger charge is 2.03. The van der Waals surface area contributed by atoms with Crippen LogP contribution in [0, 0.1) is 0 Å². The van der Waals surface area contributed by atoms with Gasteiger partial charge in [-0.15, -0.1) is 10.2 Å². The number of carbonyl (C=O) groups excluding carboxylic acids is 1. The predicted molar refractivity (Wildman–Crippen MR) is 78.4 cm³/mol. The predicted octanol–water partition coefficient (Wildman–Crippen LogP) is 3.33. The fourth-order valence-electron chi connectivity index (χ4n) is 1.40. The van der Waals surface area contributed by atoms with Crippen LogP contribution < -0.4 is 10.6 Å². The van der Waals surface area contributed by atoms with E-state index in [-0.39, 0.29) is 5.91 Å². The Kier molecular flexibility index (Phi) is 4.46. The van der Waals surface area contributed by atoms with Gasteiger partial charge in [0.25, 0.3) is 0 Å². The molecule has 0 aliphatic carbocycles. The minimum Gasteiger partial charge on any atom is -0.338 e. The van der Waals surface area contributed by atoms with Crippen molar-refractivity contribution in [1.82, 2.24) is 10.2 Å². The molecule has 0 aliphatic heterocycles. The van der Waals surface area contributed by atoms with E-state index in [1.807, 2.05) is 24.3 Å². The lowest BCUT2D eigenvalue weighted by atomic mass is 10.3. The van der Waals surface area contributed by atoms with Crippen LogP contribution in [0.4, 0.5) is 17.3 Å². The number of nitrogens with zero attached hydrogens (tertiary/aromatic N) is 2. The molecule has 5 nitrogen and oxygen atoms in total. The van der Waals surface area contributed by atoms with Gasteiger partial charge in [0.1, 0.15) is 0 Å². The first-order chi connectivity index (χ1) is 9.19. The number of carbonyl (C=O) groups is 1. The quantitative estimate of drug-likeness (QED) is 0.906. The van der Waals surface area contributed by atoms with Gasteiger partial charge < -0.3 is 10.6 Å². The van der Waals surface area contributed by atoms with Crippen LogP contribution in [-0.2, 0) is 4.79 Å². The van der Waals surface area contributed by atoms with Crippen LogP contribution in [0.15, 0.2) is 40.9 Å². The molecule has 0 radical (unpaired) electrons. The Hall–Kier alpha value is -1.95. The molecule has 1 aromatic carbocycles. The van der Waals surface area contributed by atoms with Crippen LogP contribution in [0.1, 0.15) is 13.3 Å². The van der Waals surface area contributed by atoms with Crippen molar-refractivity contribution in [2.75, 3.05) is 10.6 Å². The third kappa shape index (κ3) is 3.75. The van der Waals surface area contributed by atoms with E-state index < -0.39 is 0 Å². The van der Waals surface area contributed by atoms with Crippen molar-refractivity contribution in [2.24, 2.45) is 0 Å². The van der Waals surface area contributed by atoms with Crippen molar-refractivity contribution in [3.63, 3.8) is 0 Å². The van der Waals surface area contributed by atoms with Crippen molar-refractivity contribution >= 4 is 39.2 Å². The smallest absolute Gasteiger partial charge is 0.225 e. The van der Waals surface area contributed by atoms with Crippen molar-refractivity contribution in [2.45, 2.75) is 13.3 Å². The highest BCUT2D eigenvalue weighted by molar-refractivity contribution is 9.10. The summed E-state index contributed by atoms with van der Waals surface area (Å²) in [7, 11) is 0. The van der Waals surface area contributed by atoms with Crippen molar-refractivity contribution in [3.05, 3.63) is 40.9 Å². The Balaban J connectivity index is 2.07. The lowest BCUT2D eigenvalue weighted by Crippen LogP contribution is -2.11. The summed E-state index contributed by atoms with van der Waals surface area (Å²) in [5.74, 6) is 0.978. The molecule has 0 atom stereocenters. The summed E-state index contributed by atoms with van der Waals surface area (Å²) >= 11 is 3.44.